The average molecular weight is 489 g/mol. The third-order valence-electron chi connectivity index (χ3n) is 6.58. The molecule has 3 aromatic rings. The first-order valence-corrected chi connectivity index (χ1v) is 12.6. The second-order valence-corrected chi connectivity index (χ2v) is 10.3. The summed E-state index contributed by atoms with van der Waals surface area (Å²) in [4.78, 5) is 17.1. The van der Waals surface area contributed by atoms with Crippen molar-refractivity contribution in [2.75, 3.05) is 38.3 Å². The lowest BCUT2D eigenvalue weighted by atomic mass is 9.89. The zero-order valence-corrected chi connectivity index (χ0v) is 20.4. The van der Waals surface area contributed by atoms with E-state index in [0.717, 1.165) is 61.2 Å². The number of alkyl halides is 2. The Labute approximate surface area is 202 Å². The highest BCUT2D eigenvalue weighted by atomic mass is 32.1. The summed E-state index contributed by atoms with van der Waals surface area (Å²) in [5.74, 6) is 2.65. The summed E-state index contributed by atoms with van der Waals surface area (Å²) in [5.41, 5.74) is 2.40. The molecule has 0 radical (unpaired) electrons. The molecular formula is C25H30F2N4O2S. The molecule has 1 aliphatic carbocycles. The first-order chi connectivity index (χ1) is 16.5. The van der Waals surface area contributed by atoms with Gasteiger partial charge in [-0.1, -0.05) is 19.1 Å². The molecule has 9 heteroatoms. The minimum Gasteiger partial charge on any atom is -0.435 e. The fourth-order valence-electron chi connectivity index (χ4n) is 4.80. The molecule has 0 spiro atoms. The maximum atomic E-state index is 12.5. The fraction of sp³-hybridized carbons (Fsp3) is 0.520. The van der Waals surface area contributed by atoms with E-state index in [1.54, 1.807) is 12.1 Å². The standard InChI is InChI=1S/C25H30F2N4O2S/c1-16-3-8-19-20(13-16)34-24-22(19)23(28-21(29-24)15-31-9-11-32-12-10-31)30(2)14-17-4-6-18(7-5-17)33-25(26)27/h4-7,16,25H,3,8-15H2,1-2H3. The number of halogens is 2. The van der Waals surface area contributed by atoms with Crippen molar-refractivity contribution < 1.29 is 18.3 Å². The van der Waals surface area contributed by atoms with E-state index in [0.29, 0.717) is 19.0 Å². The van der Waals surface area contributed by atoms with Crippen LogP contribution in [0.25, 0.3) is 10.2 Å². The highest BCUT2D eigenvalue weighted by molar-refractivity contribution is 7.19. The molecule has 0 saturated carbocycles. The third-order valence-corrected chi connectivity index (χ3v) is 7.73. The van der Waals surface area contributed by atoms with Gasteiger partial charge in [-0.15, -0.1) is 11.3 Å². The van der Waals surface area contributed by atoms with E-state index in [2.05, 4.69) is 21.5 Å². The first kappa shape index (κ1) is 23.4. The molecule has 1 unspecified atom stereocenters. The summed E-state index contributed by atoms with van der Waals surface area (Å²) in [6, 6.07) is 6.82. The zero-order valence-electron chi connectivity index (χ0n) is 19.6. The summed E-state index contributed by atoms with van der Waals surface area (Å²) in [6.45, 7) is 4.07. The van der Waals surface area contributed by atoms with Crippen LogP contribution in [-0.4, -0.2) is 54.8 Å². The van der Waals surface area contributed by atoms with E-state index in [-0.39, 0.29) is 5.75 Å². The van der Waals surface area contributed by atoms with E-state index in [4.69, 9.17) is 14.7 Å². The molecule has 5 rings (SSSR count). The van der Waals surface area contributed by atoms with Crippen molar-refractivity contribution in [1.82, 2.24) is 14.9 Å². The Balaban J connectivity index is 1.46. The molecular weight excluding hydrogens is 458 g/mol. The van der Waals surface area contributed by atoms with Crippen LogP contribution in [0.4, 0.5) is 14.6 Å². The Morgan fingerprint density at radius 1 is 1.21 bits per heavy atom. The number of hydrogen-bond donors (Lipinski definition) is 0. The number of rotatable bonds is 7. The van der Waals surface area contributed by atoms with Crippen LogP contribution in [0.1, 0.15) is 35.2 Å². The van der Waals surface area contributed by atoms with Crippen LogP contribution in [0, 0.1) is 5.92 Å². The molecule has 2 aromatic heterocycles. The van der Waals surface area contributed by atoms with Crippen molar-refractivity contribution in [3.63, 3.8) is 0 Å². The van der Waals surface area contributed by atoms with Crippen molar-refractivity contribution in [2.45, 2.75) is 45.9 Å². The number of nitrogens with zero attached hydrogens (tertiary/aromatic N) is 4. The van der Waals surface area contributed by atoms with Crippen LogP contribution in [0.2, 0.25) is 0 Å². The second-order valence-electron chi connectivity index (χ2n) is 9.26. The Morgan fingerprint density at radius 2 is 1.97 bits per heavy atom. The predicted molar refractivity (Wildman–Crippen MR) is 130 cm³/mol. The number of thiophene rings is 1. The number of aryl methyl sites for hydroxylation is 1. The fourth-order valence-corrected chi connectivity index (χ4v) is 6.19. The Hall–Kier alpha value is -2.36. The molecule has 1 saturated heterocycles. The molecule has 0 bridgehead atoms. The number of ether oxygens (including phenoxy) is 2. The lowest BCUT2D eigenvalue weighted by Gasteiger charge is -2.27. The van der Waals surface area contributed by atoms with Gasteiger partial charge in [0, 0.05) is 31.6 Å². The molecule has 2 aliphatic rings. The van der Waals surface area contributed by atoms with Crippen LogP contribution < -0.4 is 9.64 Å². The molecule has 6 nitrogen and oxygen atoms in total. The SMILES string of the molecule is CC1CCc2c(sc3nc(CN4CCOCC4)nc(N(C)Cc4ccc(OC(F)F)cc4)c23)C1. The van der Waals surface area contributed by atoms with Gasteiger partial charge in [0.15, 0.2) is 0 Å². The number of morpholine rings is 1. The van der Waals surface area contributed by atoms with E-state index in [1.807, 2.05) is 30.5 Å². The van der Waals surface area contributed by atoms with E-state index < -0.39 is 6.61 Å². The summed E-state index contributed by atoms with van der Waals surface area (Å²) in [6.07, 6.45) is 3.34. The first-order valence-electron chi connectivity index (χ1n) is 11.8. The summed E-state index contributed by atoms with van der Waals surface area (Å²) >= 11 is 1.82. The normalized spacial score (nSPS) is 18.9. The van der Waals surface area contributed by atoms with Gasteiger partial charge < -0.3 is 14.4 Å². The maximum Gasteiger partial charge on any atom is 0.387 e. The molecule has 0 amide bonds. The maximum absolute atomic E-state index is 12.5. The van der Waals surface area contributed by atoms with Crippen molar-refractivity contribution in [3.05, 3.63) is 46.1 Å². The number of anilines is 1. The minimum atomic E-state index is -2.82. The second kappa shape index (κ2) is 10.1. The summed E-state index contributed by atoms with van der Waals surface area (Å²) in [5, 5.41) is 1.18. The molecule has 1 aliphatic heterocycles. The van der Waals surface area contributed by atoms with Gasteiger partial charge >= 0.3 is 6.61 Å². The molecule has 1 aromatic carbocycles. The van der Waals surface area contributed by atoms with Crippen molar-refractivity contribution in [2.24, 2.45) is 5.92 Å². The van der Waals surface area contributed by atoms with Crippen LogP contribution >= 0.6 is 11.3 Å². The largest absolute Gasteiger partial charge is 0.435 e. The number of benzene rings is 1. The molecule has 3 heterocycles. The topological polar surface area (TPSA) is 50.7 Å². The van der Waals surface area contributed by atoms with E-state index in [1.165, 1.54) is 22.2 Å². The van der Waals surface area contributed by atoms with E-state index >= 15 is 0 Å². The zero-order chi connectivity index (χ0) is 23.7. The lowest BCUT2D eigenvalue weighted by Crippen LogP contribution is -2.36. The number of hydrogen-bond acceptors (Lipinski definition) is 7. The van der Waals surface area contributed by atoms with Gasteiger partial charge in [0.1, 0.15) is 22.2 Å². The van der Waals surface area contributed by atoms with Gasteiger partial charge in [0.25, 0.3) is 0 Å². The monoisotopic (exact) mass is 488 g/mol. The van der Waals surface area contributed by atoms with Crippen molar-refractivity contribution >= 4 is 27.4 Å². The summed E-state index contributed by atoms with van der Waals surface area (Å²) in [7, 11) is 2.04. The van der Waals surface area contributed by atoms with Gasteiger partial charge in [-0.3, -0.25) is 4.90 Å². The quantitative estimate of drug-likeness (QED) is 0.472. The molecule has 1 fully saturated rings. The van der Waals surface area contributed by atoms with Gasteiger partial charge in [-0.25, -0.2) is 9.97 Å². The van der Waals surface area contributed by atoms with Crippen LogP contribution in [0.3, 0.4) is 0 Å². The average Bonchev–Trinajstić information content (AvgIpc) is 3.17. The predicted octanol–water partition coefficient (Wildman–Crippen LogP) is 4.89. The number of aromatic nitrogens is 2. The number of fused-ring (bicyclic) bond motifs is 3. The Kier molecular flexibility index (Phi) is 6.94. The smallest absolute Gasteiger partial charge is 0.387 e. The van der Waals surface area contributed by atoms with Gasteiger partial charge in [-0.2, -0.15) is 8.78 Å². The summed E-state index contributed by atoms with van der Waals surface area (Å²) < 4.78 is 34.9. The van der Waals surface area contributed by atoms with Crippen LogP contribution in [0.15, 0.2) is 24.3 Å². The van der Waals surface area contributed by atoms with Crippen LogP contribution in [0.5, 0.6) is 5.75 Å². The van der Waals surface area contributed by atoms with Gasteiger partial charge in [-0.05, 0) is 48.4 Å². The van der Waals surface area contributed by atoms with Gasteiger partial charge in [0.05, 0.1) is 25.1 Å². The molecule has 1 atom stereocenters. The molecule has 182 valence electrons. The highest BCUT2D eigenvalue weighted by Crippen LogP contribution is 2.41. The lowest BCUT2D eigenvalue weighted by molar-refractivity contribution is -0.0498. The highest BCUT2D eigenvalue weighted by Gasteiger charge is 2.26. The third kappa shape index (κ3) is 5.16. The Morgan fingerprint density at radius 3 is 2.71 bits per heavy atom. The van der Waals surface area contributed by atoms with Gasteiger partial charge in [0.2, 0.25) is 0 Å². The van der Waals surface area contributed by atoms with Crippen LogP contribution in [-0.2, 0) is 30.7 Å². The molecule has 34 heavy (non-hydrogen) atoms. The van der Waals surface area contributed by atoms with E-state index in [9.17, 15) is 8.78 Å². The minimum absolute atomic E-state index is 0.166. The van der Waals surface area contributed by atoms with Crippen molar-refractivity contribution in [3.8, 4) is 5.75 Å². The molecule has 0 N–H and O–H groups in total. The van der Waals surface area contributed by atoms with Crippen molar-refractivity contribution in [1.29, 1.82) is 0 Å². The Bertz CT molecular complexity index is 1130.